The summed E-state index contributed by atoms with van der Waals surface area (Å²) < 4.78 is 0. The van der Waals surface area contributed by atoms with Gasteiger partial charge in [0.2, 0.25) is 0 Å². The smallest absolute Gasteiger partial charge is 0.136 e. The molecule has 106 valence electrons. The highest BCUT2D eigenvalue weighted by molar-refractivity contribution is 7.99. The number of rotatable bonds is 8. The van der Waals surface area contributed by atoms with E-state index in [1.165, 1.54) is 12.8 Å². The zero-order valence-corrected chi connectivity index (χ0v) is 12.2. The van der Waals surface area contributed by atoms with Gasteiger partial charge in [0, 0.05) is 30.4 Å². The largest absolute Gasteiger partial charge is 0.396 e. The van der Waals surface area contributed by atoms with Gasteiger partial charge in [0.15, 0.2) is 0 Å². The molecule has 0 atom stereocenters. The molecule has 1 aromatic rings. The molecule has 4 N–H and O–H groups in total. The van der Waals surface area contributed by atoms with Crippen LogP contribution in [0.4, 0.5) is 11.6 Å². The van der Waals surface area contributed by atoms with Crippen molar-refractivity contribution in [1.29, 1.82) is 0 Å². The number of nitrogen functional groups attached to an aromatic ring is 1. The van der Waals surface area contributed by atoms with Crippen molar-refractivity contribution in [3.8, 4) is 0 Å². The Morgan fingerprint density at radius 1 is 1.37 bits per heavy atom. The zero-order chi connectivity index (χ0) is 13.7. The Labute approximate surface area is 118 Å². The predicted octanol–water partition coefficient (Wildman–Crippen LogP) is 1.77. The summed E-state index contributed by atoms with van der Waals surface area (Å²) in [6.45, 7) is 3.08. The first-order chi connectivity index (χ1) is 9.22. The molecule has 6 heteroatoms. The lowest BCUT2D eigenvalue weighted by Crippen LogP contribution is -2.11. The van der Waals surface area contributed by atoms with Gasteiger partial charge < -0.3 is 16.2 Å². The molecule has 2 rings (SSSR count). The molecular weight excluding hydrogens is 260 g/mol. The lowest BCUT2D eigenvalue weighted by atomic mass is 10.3. The number of hydrogen-bond donors (Lipinski definition) is 3. The molecule has 1 heterocycles. The zero-order valence-electron chi connectivity index (χ0n) is 11.4. The molecule has 1 aliphatic carbocycles. The first-order valence-electron chi connectivity index (χ1n) is 6.79. The third-order valence-electron chi connectivity index (χ3n) is 3.13. The van der Waals surface area contributed by atoms with Gasteiger partial charge in [-0.2, -0.15) is 11.8 Å². The molecule has 19 heavy (non-hydrogen) atoms. The van der Waals surface area contributed by atoms with Crippen LogP contribution in [0.25, 0.3) is 0 Å². The number of aromatic nitrogens is 2. The summed E-state index contributed by atoms with van der Waals surface area (Å²) in [5.74, 6) is 4.86. The van der Waals surface area contributed by atoms with E-state index in [0.717, 1.165) is 41.7 Å². The Kier molecular flexibility index (Phi) is 5.27. The molecule has 0 aromatic carbocycles. The van der Waals surface area contributed by atoms with Crippen molar-refractivity contribution >= 4 is 23.4 Å². The van der Waals surface area contributed by atoms with E-state index in [1.807, 2.05) is 18.7 Å². The van der Waals surface area contributed by atoms with Crippen molar-refractivity contribution in [2.45, 2.75) is 32.1 Å². The normalized spacial score (nSPS) is 14.6. The van der Waals surface area contributed by atoms with E-state index in [4.69, 9.17) is 10.8 Å². The Hall–Kier alpha value is -1.01. The Balaban J connectivity index is 1.84. The number of nitrogens with one attached hydrogen (secondary N) is 1. The molecular formula is C13H22N4OS. The van der Waals surface area contributed by atoms with Crippen molar-refractivity contribution in [2.24, 2.45) is 0 Å². The number of aliphatic hydroxyl groups is 1. The highest BCUT2D eigenvalue weighted by Crippen LogP contribution is 2.39. The third kappa shape index (κ3) is 4.24. The fourth-order valence-corrected chi connectivity index (χ4v) is 2.54. The van der Waals surface area contributed by atoms with Gasteiger partial charge >= 0.3 is 0 Å². The van der Waals surface area contributed by atoms with Gasteiger partial charge in [-0.3, -0.25) is 0 Å². The summed E-state index contributed by atoms with van der Waals surface area (Å²) in [5, 5.41) is 12.0. The SMILES string of the molecule is Cc1c(N)nc(C2CC2)nc1NCCSCCCO. The molecule has 5 nitrogen and oxygen atoms in total. The third-order valence-corrected chi connectivity index (χ3v) is 4.20. The summed E-state index contributed by atoms with van der Waals surface area (Å²) in [7, 11) is 0. The number of thioether (sulfide) groups is 1. The molecule has 0 bridgehead atoms. The minimum atomic E-state index is 0.271. The number of hydrogen-bond acceptors (Lipinski definition) is 6. The number of nitrogens with two attached hydrogens (primary N) is 1. The molecule has 0 spiro atoms. The highest BCUT2D eigenvalue weighted by atomic mass is 32.2. The van der Waals surface area contributed by atoms with Crippen molar-refractivity contribution in [3.05, 3.63) is 11.4 Å². The average Bonchev–Trinajstić information content (AvgIpc) is 3.22. The summed E-state index contributed by atoms with van der Waals surface area (Å²) in [5.41, 5.74) is 6.87. The highest BCUT2D eigenvalue weighted by Gasteiger charge is 2.27. The van der Waals surface area contributed by atoms with Gasteiger partial charge in [0.25, 0.3) is 0 Å². The van der Waals surface area contributed by atoms with E-state index in [0.29, 0.717) is 11.7 Å². The van der Waals surface area contributed by atoms with Gasteiger partial charge in [-0.25, -0.2) is 9.97 Å². The standard InChI is InChI=1S/C13H22N4OS/c1-9-11(14)16-13(10-3-4-10)17-12(9)15-5-8-19-7-2-6-18/h10,18H,2-8H2,1H3,(H3,14,15,16,17). The van der Waals surface area contributed by atoms with Crippen LogP contribution in [0.1, 0.15) is 36.6 Å². The molecule has 1 aromatic heterocycles. The Morgan fingerprint density at radius 2 is 2.16 bits per heavy atom. The molecule has 1 aliphatic rings. The average molecular weight is 282 g/mol. The quantitative estimate of drug-likeness (QED) is 0.630. The second-order valence-corrected chi connectivity index (χ2v) is 6.06. The molecule has 0 saturated heterocycles. The lowest BCUT2D eigenvalue weighted by Gasteiger charge is -2.11. The van der Waals surface area contributed by atoms with Crippen LogP contribution >= 0.6 is 11.8 Å². The fraction of sp³-hybridized carbons (Fsp3) is 0.692. The molecule has 0 unspecified atom stereocenters. The predicted molar refractivity (Wildman–Crippen MR) is 80.7 cm³/mol. The van der Waals surface area contributed by atoms with Crippen molar-refractivity contribution in [3.63, 3.8) is 0 Å². The van der Waals surface area contributed by atoms with E-state index < -0.39 is 0 Å². The Bertz CT molecular complexity index is 423. The maximum atomic E-state index is 8.70. The second kappa shape index (κ2) is 6.96. The number of aliphatic hydroxyl groups excluding tert-OH is 1. The monoisotopic (exact) mass is 282 g/mol. The molecule has 1 saturated carbocycles. The van der Waals surface area contributed by atoms with Gasteiger partial charge in [-0.1, -0.05) is 0 Å². The first-order valence-corrected chi connectivity index (χ1v) is 7.94. The van der Waals surface area contributed by atoms with Gasteiger partial charge in [0.1, 0.15) is 17.5 Å². The van der Waals surface area contributed by atoms with Crippen molar-refractivity contribution in [1.82, 2.24) is 9.97 Å². The van der Waals surface area contributed by atoms with E-state index in [9.17, 15) is 0 Å². The van der Waals surface area contributed by atoms with Crippen molar-refractivity contribution in [2.75, 3.05) is 35.7 Å². The van der Waals surface area contributed by atoms with Crippen LogP contribution in [0.2, 0.25) is 0 Å². The van der Waals surface area contributed by atoms with E-state index in [-0.39, 0.29) is 6.61 Å². The minimum Gasteiger partial charge on any atom is -0.396 e. The van der Waals surface area contributed by atoms with Crippen LogP contribution in [-0.4, -0.2) is 39.7 Å². The van der Waals surface area contributed by atoms with Crippen molar-refractivity contribution < 1.29 is 5.11 Å². The first kappa shape index (κ1) is 14.4. The number of anilines is 2. The van der Waals surface area contributed by atoms with Crippen LogP contribution in [0.5, 0.6) is 0 Å². The maximum absolute atomic E-state index is 8.70. The van der Waals surface area contributed by atoms with Gasteiger partial charge in [0.05, 0.1) is 0 Å². The molecule has 0 radical (unpaired) electrons. The van der Waals surface area contributed by atoms with E-state index in [2.05, 4.69) is 15.3 Å². The molecule has 0 amide bonds. The fourth-order valence-electron chi connectivity index (χ4n) is 1.76. The van der Waals surface area contributed by atoms with Gasteiger partial charge in [-0.15, -0.1) is 0 Å². The molecule has 0 aliphatic heterocycles. The summed E-state index contributed by atoms with van der Waals surface area (Å²) in [6.07, 6.45) is 3.22. The minimum absolute atomic E-state index is 0.271. The number of nitrogens with zero attached hydrogens (tertiary/aromatic N) is 2. The van der Waals surface area contributed by atoms with Crippen LogP contribution in [0.3, 0.4) is 0 Å². The topological polar surface area (TPSA) is 84.1 Å². The summed E-state index contributed by atoms with van der Waals surface area (Å²) in [4.78, 5) is 8.94. The van der Waals surface area contributed by atoms with Crippen LogP contribution < -0.4 is 11.1 Å². The van der Waals surface area contributed by atoms with E-state index in [1.54, 1.807) is 0 Å². The Morgan fingerprint density at radius 3 is 2.84 bits per heavy atom. The van der Waals surface area contributed by atoms with E-state index >= 15 is 0 Å². The van der Waals surface area contributed by atoms with Crippen LogP contribution in [0.15, 0.2) is 0 Å². The summed E-state index contributed by atoms with van der Waals surface area (Å²) >= 11 is 1.83. The van der Waals surface area contributed by atoms with Crippen LogP contribution in [0, 0.1) is 6.92 Å². The summed E-state index contributed by atoms with van der Waals surface area (Å²) in [6, 6.07) is 0. The van der Waals surface area contributed by atoms with Crippen LogP contribution in [-0.2, 0) is 0 Å². The van der Waals surface area contributed by atoms with Gasteiger partial charge in [-0.05, 0) is 31.9 Å². The lowest BCUT2D eigenvalue weighted by molar-refractivity contribution is 0.296. The second-order valence-electron chi connectivity index (χ2n) is 4.83. The maximum Gasteiger partial charge on any atom is 0.136 e. The molecule has 1 fully saturated rings.